The minimum Gasteiger partial charge on any atom is -0.497 e. The summed E-state index contributed by atoms with van der Waals surface area (Å²) in [4.78, 5) is 26.5. The maximum atomic E-state index is 12.9. The van der Waals surface area contributed by atoms with Crippen LogP contribution in [-0.2, 0) is 9.59 Å². The Bertz CT molecular complexity index is 1140. The van der Waals surface area contributed by atoms with Crippen molar-refractivity contribution in [2.24, 2.45) is 0 Å². The first-order chi connectivity index (χ1) is 17.5. The van der Waals surface area contributed by atoms with Crippen molar-refractivity contribution in [3.05, 3.63) is 72.8 Å². The highest BCUT2D eigenvalue weighted by Crippen LogP contribution is 2.30. The summed E-state index contributed by atoms with van der Waals surface area (Å²) in [6.45, 7) is 0.843. The van der Waals surface area contributed by atoms with E-state index in [4.69, 9.17) is 18.9 Å². The molecule has 0 spiro atoms. The number of carbonyl (C=O) groups is 2. The fraction of sp³-hybridized carbons (Fsp3) is 0.259. The van der Waals surface area contributed by atoms with Crippen molar-refractivity contribution in [1.82, 2.24) is 0 Å². The number of ether oxygens (including phenoxy) is 4. The van der Waals surface area contributed by atoms with Crippen LogP contribution < -0.4 is 34.5 Å². The molecule has 0 saturated carbocycles. The fourth-order valence-corrected chi connectivity index (χ4v) is 3.96. The lowest BCUT2D eigenvalue weighted by atomic mass is 10.2. The van der Waals surface area contributed by atoms with Gasteiger partial charge in [0.15, 0.2) is 30.7 Å². The molecule has 0 radical (unpaired) electrons. The molecule has 1 aliphatic rings. The van der Waals surface area contributed by atoms with Gasteiger partial charge in [0.05, 0.1) is 14.2 Å². The molecule has 4 rings (SSSR count). The van der Waals surface area contributed by atoms with Gasteiger partial charge in [-0.25, -0.2) is 0 Å². The van der Waals surface area contributed by atoms with Crippen molar-refractivity contribution < 1.29 is 33.4 Å². The Labute approximate surface area is 209 Å². The van der Waals surface area contributed by atoms with Gasteiger partial charge in [0, 0.05) is 23.5 Å². The second-order valence-corrected chi connectivity index (χ2v) is 8.37. The summed E-state index contributed by atoms with van der Waals surface area (Å²) < 4.78 is 22.3. The zero-order valence-electron chi connectivity index (χ0n) is 20.3. The first kappa shape index (κ1) is 24.9. The molecule has 1 heterocycles. The average Bonchev–Trinajstić information content (AvgIpc) is 2.88. The number of nitrogens with one attached hydrogen (secondary N) is 3. The quantitative estimate of drug-likeness (QED) is 0.401. The minimum absolute atomic E-state index is 0.0598. The van der Waals surface area contributed by atoms with E-state index in [9.17, 15) is 9.59 Å². The molecule has 188 valence electrons. The maximum Gasteiger partial charge on any atom is 0.279 e. The van der Waals surface area contributed by atoms with Gasteiger partial charge in [0.25, 0.3) is 11.8 Å². The zero-order valence-corrected chi connectivity index (χ0v) is 20.3. The molecular weight excluding hydrogens is 462 g/mol. The van der Waals surface area contributed by atoms with Gasteiger partial charge in [-0.3, -0.25) is 9.59 Å². The Kier molecular flexibility index (Phi) is 8.25. The van der Waals surface area contributed by atoms with Crippen LogP contribution in [0.25, 0.3) is 0 Å². The summed E-state index contributed by atoms with van der Waals surface area (Å²) in [6, 6.07) is 21.7. The molecule has 9 nitrogen and oxygen atoms in total. The Hall–Kier alpha value is -4.24. The van der Waals surface area contributed by atoms with Crippen molar-refractivity contribution in [2.45, 2.75) is 6.10 Å². The van der Waals surface area contributed by atoms with Crippen LogP contribution in [0.2, 0.25) is 0 Å². The molecule has 9 heteroatoms. The number of methoxy groups -OCH3 is 2. The van der Waals surface area contributed by atoms with Crippen molar-refractivity contribution in [1.29, 1.82) is 0 Å². The van der Waals surface area contributed by atoms with E-state index in [2.05, 4.69) is 10.6 Å². The van der Waals surface area contributed by atoms with Crippen LogP contribution in [0.5, 0.6) is 23.0 Å². The first-order valence-corrected chi connectivity index (χ1v) is 11.6. The topological polar surface area (TPSA) is 99.6 Å². The van der Waals surface area contributed by atoms with Crippen LogP contribution in [0, 0.1) is 0 Å². The molecule has 0 aromatic heterocycles. The van der Waals surface area contributed by atoms with E-state index >= 15 is 0 Å². The monoisotopic (exact) mass is 492 g/mol. The molecule has 36 heavy (non-hydrogen) atoms. The van der Waals surface area contributed by atoms with Crippen LogP contribution >= 0.6 is 0 Å². The molecule has 0 saturated heterocycles. The molecule has 0 unspecified atom stereocenters. The molecule has 3 aromatic rings. The highest BCUT2D eigenvalue weighted by Gasteiger charge is 2.28. The molecule has 0 fully saturated rings. The van der Waals surface area contributed by atoms with E-state index in [1.54, 1.807) is 62.8 Å². The number of benzene rings is 3. The van der Waals surface area contributed by atoms with E-state index < -0.39 is 0 Å². The van der Waals surface area contributed by atoms with Crippen LogP contribution in [-0.4, -0.2) is 58.4 Å². The lowest BCUT2D eigenvalue weighted by molar-refractivity contribution is -0.886. The number of hydrogen-bond acceptors (Lipinski definition) is 6. The second kappa shape index (κ2) is 11.9. The van der Waals surface area contributed by atoms with Gasteiger partial charge in [-0.2, -0.15) is 0 Å². The van der Waals surface area contributed by atoms with E-state index in [0.717, 1.165) is 4.90 Å². The summed E-state index contributed by atoms with van der Waals surface area (Å²) in [7, 11) is 3.14. The number of fused-ring (bicyclic) bond motifs is 1. The molecule has 1 aliphatic heterocycles. The fourth-order valence-electron chi connectivity index (χ4n) is 3.96. The predicted octanol–water partition coefficient (Wildman–Crippen LogP) is 2.01. The van der Waals surface area contributed by atoms with E-state index in [1.807, 2.05) is 24.3 Å². The van der Waals surface area contributed by atoms with E-state index in [0.29, 0.717) is 47.5 Å². The van der Waals surface area contributed by atoms with E-state index in [-0.39, 0.29) is 31.0 Å². The van der Waals surface area contributed by atoms with Gasteiger partial charge in [0.1, 0.15) is 24.7 Å². The zero-order chi connectivity index (χ0) is 25.3. The highest BCUT2D eigenvalue weighted by molar-refractivity contribution is 5.93. The number of anilines is 2. The minimum atomic E-state index is -0.316. The number of hydrogen-bond donors (Lipinski definition) is 3. The summed E-state index contributed by atoms with van der Waals surface area (Å²) in [5.41, 5.74) is 1.23. The Morgan fingerprint density at radius 2 is 1.39 bits per heavy atom. The van der Waals surface area contributed by atoms with Crippen molar-refractivity contribution in [2.75, 3.05) is 51.1 Å². The van der Waals surface area contributed by atoms with Gasteiger partial charge < -0.3 is 34.5 Å². The van der Waals surface area contributed by atoms with Crippen LogP contribution in [0.4, 0.5) is 11.4 Å². The number of para-hydroxylation sites is 2. The molecule has 3 aromatic carbocycles. The average molecular weight is 493 g/mol. The van der Waals surface area contributed by atoms with Gasteiger partial charge >= 0.3 is 0 Å². The lowest BCUT2D eigenvalue weighted by Crippen LogP contribution is -3.15. The van der Waals surface area contributed by atoms with Gasteiger partial charge in [0.2, 0.25) is 0 Å². The summed E-state index contributed by atoms with van der Waals surface area (Å²) in [6.07, 6.45) is -0.316. The number of amides is 2. The Balaban J connectivity index is 1.43. The molecule has 0 aliphatic carbocycles. The van der Waals surface area contributed by atoms with Crippen LogP contribution in [0.1, 0.15) is 0 Å². The first-order valence-electron chi connectivity index (χ1n) is 11.6. The third kappa shape index (κ3) is 6.89. The largest absolute Gasteiger partial charge is 0.497 e. The number of quaternary nitrogens is 1. The maximum absolute atomic E-state index is 12.9. The third-order valence-corrected chi connectivity index (χ3v) is 5.61. The third-order valence-electron chi connectivity index (χ3n) is 5.61. The number of rotatable bonds is 10. The van der Waals surface area contributed by atoms with Gasteiger partial charge in [-0.05, 0) is 36.4 Å². The summed E-state index contributed by atoms with van der Waals surface area (Å²) >= 11 is 0. The van der Waals surface area contributed by atoms with Gasteiger partial charge in [-0.15, -0.1) is 0 Å². The Morgan fingerprint density at radius 3 is 1.94 bits per heavy atom. The lowest BCUT2D eigenvalue weighted by Gasteiger charge is -2.29. The summed E-state index contributed by atoms with van der Waals surface area (Å²) in [5, 5.41) is 5.76. The SMILES string of the molecule is COc1cccc(NC(=O)C[NH+](CC(=O)Nc2cccc(OC)c2)C[C@@H]2COc3ccccc3O2)c1. The van der Waals surface area contributed by atoms with Crippen molar-refractivity contribution in [3.63, 3.8) is 0 Å². The van der Waals surface area contributed by atoms with Crippen LogP contribution in [0.3, 0.4) is 0 Å². The predicted molar refractivity (Wildman–Crippen MR) is 135 cm³/mol. The molecule has 1 atom stereocenters. The molecule has 3 N–H and O–H groups in total. The van der Waals surface area contributed by atoms with E-state index in [1.165, 1.54) is 0 Å². The molecular formula is C27H30N3O6+. The number of carbonyl (C=O) groups excluding carboxylic acids is 2. The molecule has 0 bridgehead atoms. The molecule has 2 amide bonds. The van der Waals surface area contributed by atoms with Crippen LogP contribution in [0.15, 0.2) is 72.8 Å². The van der Waals surface area contributed by atoms with Crippen molar-refractivity contribution in [3.8, 4) is 23.0 Å². The Morgan fingerprint density at radius 1 is 0.833 bits per heavy atom. The standard InChI is InChI=1S/C27H29N3O6/c1-33-21-9-5-7-19(13-21)28-26(31)16-30(15-23-18-35-24-11-3-4-12-25(24)36-23)17-27(32)29-20-8-6-10-22(14-20)34-2/h3-14,23H,15-18H2,1-2H3,(H,28,31)(H,29,32)/p+1/t23-/m1/s1. The second-order valence-electron chi connectivity index (χ2n) is 8.37. The normalized spacial score (nSPS) is 14.1. The summed E-state index contributed by atoms with van der Waals surface area (Å²) in [5.74, 6) is 2.15. The van der Waals surface area contributed by atoms with Gasteiger partial charge in [-0.1, -0.05) is 24.3 Å². The van der Waals surface area contributed by atoms with Crippen molar-refractivity contribution >= 4 is 23.2 Å². The smallest absolute Gasteiger partial charge is 0.279 e. The highest BCUT2D eigenvalue weighted by atomic mass is 16.6.